The number of benzene rings is 2. The second-order valence-corrected chi connectivity index (χ2v) is 7.27. The Kier molecular flexibility index (Phi) is 6.85. The zero-order valence-corrected chi connectivity index (χ0v) is 16.3. The maximum absolute atomic E-state index is 13.2. The molecule has 0 saturated carbocycles. The van der Waals surface area contributed by atoms with Gasteiger partial charge in [-0.3, -0.25) is 14.6 Å². The molecule has 6 heteroatoms. The zero-order valence-electron chi connectivity index (χ0n) is 15.6. The number of aliphatic hydroxyl groups is 1. The van der Waals surface area contributed by atoms with Crippen LogP contribution in [0.3, 0.4) is 0 Å². The van der Waals surface area contributed by atoms with E-state index in [2.05, 4.69) is 15.1 Å². The Morgan fingerprint density at radius 2 is 1.85 bits per heavy atom. The Bertz CT molecular complexity index is 761. The third-order valence-electron chi connectivity index (χ3n) is 4.99. The Balaban J connectivity index is 1.78. The standard InChI is InChI=1S/C21H26ClN3O2/c1-16-7-8-18(15-19(16)22)23-21(27)20(17-5-3-2-4-6-17)25-11-9-24(10-12-25)13-14-26/h2-8,15,20,26H,9-14H2,1H3,(H,23,27). The van der Waals surface area contributed by atoms with E-state index in [4.69, 9.17) is 16.7 Å². The predicted molar refractivity (Wildman–Crippen MR) is 109 cm³/mol. The Morgan fingerprint density at radius 3 is 2.48 bits per heavy atom. The highest BCUT2D eigenvalue weighted by molar-refractivity contribution is 6.31. The van der Waals surface area contributed by atoms with Gasteiger partial charge in [0.1, 0.15) is 6.04 Å². The molecule has 1 amide bonds. The number of carbonyl (C=O) groups excluding carboxylic acids is 1. The maximum atomic E-state index is 13.2. The van der Waals surface area contributed by atoms with Crippen molar-refractivity contribution >= 4 is 23.2 Å². The highest BCUT2D eigenvalue weighted by Gasteiger charge is 2.30. The molecule has 27 heavy (non-hydrogen) atoms. The highest BCUT2D eigenvalue weighted by Crippen LogP contribution is 2.26. The maximum Gasteiger partial charge on any atom is 0.246 e. The van der Waals surface area contributed by atoms with Crippen molar-refractivity contribution in [2.24, 2.45) is 0 Å². The highest BCUT2D eigenvalue weighted by atomic mass is 35.5. The van der Waals surface area contributed by atoms with Gasteiger partial charge in [0.2, 0.25) is 5.91 Å². The van der Waals surface area contributed by atoms with Crippen LogP contribution in [-0.2, 0) is 4.79 Å². The van der Waals surface area contributed by atoms with Crippen molar-refractivity contribution in [3.8, 4) is 0 Å². The number of β-amino-alcohol motifs (C(OH)–C–C–N with tert-alkyl or cyclic N) is 1. The summed E-state index contributed by atoms with van der Waals surface area (Å²) in [6.45, 7) is 6.02. The van der Waals surface area contributed by atoms with Crippen LogP contribution in [0.15, 0.2) is 48.5 Å². The zero-order chi connectivity index (χ0) is 19.2. The molecule has 144 valence electrons. The molecule has 1 unspecified atom stereocenters. The smallest absolute Gasteiger partial charge is 0.246 e. The van der Waals surface area contributed by atoms with Gasteiger partial charge in [0, 0.05) is 43.4 Å². The quantitative estimate of drug-likeness (QED) is 0.800. The molecule has 0 radical (unpaired) electrons. The van der Waals surface area contributed by atoms with E-state index in [-0.39, 0.29) is 18.6 Å². The monoisotopic (exact) mass is 387 g/mol. The normalized spacial score (nSPS) is 16.9. The molecular formula is C21H26ClN3O2. The summed E-state index contributed by atoms with van der Waals surface area (Å²) in [6.07, 6.45) is 0. The van der Waals surface area contributed by atoms with E-state index in [9.17, 15) is 4.79 Å². The van der Waals surface area contributed by atoms with Crippen molar-refractivity contribution < 1.29 is 9.90 Å². The van der Waals surface area contributed by atoms with Crippen LogP contribution in [0.5, 0.6) is 0 Å². The number of carbonyl (C=O) groups is 1. The van der Waals surface area contributed by atoms with Gasteiger partial charge in [0.15, 0.2) is 0 Å². The van der Waals surface area contributed by atoms with E-state index in [1.54, 1.807) is 6.07 Å². The van der Waals surface area contributed by atoms with E-state index >= 15 is 0 Å². The molecule has 0 aliphatic carbocycles. The summed E-state index contributed by atoms with van der Waals surface area (Å²) < 4.78 is 0. The van der Waals surface area contributed by atoms with Gasteiger partial charge in [0.25, 0.3) is 0 Å². The third-order valence-corrected chi connectivity index (χ3v) is 5.40. The average molecular weight is 388 g/mol. The Hall–Kier alpha value is -1.92. The van der Waals surface area contributed by atoms with Crippen molar-refractivity contribution in [3.63, 3.8) is 0 Å². The Morgan fingerprint density at radius 1 is 1.15 bits per heavy atom. The fourth-order valence-electron chi connectivity index (χ4n) is 3.43. The van der Waals surface area contributed by atoms with Crippen LogP contribution in [0.2, 0.25) is 5.02 Å². The molecule has 1 atom stereocenters. The van der Waals surface area contributed by atoms with E-state index in [0.29, 0.717) is 17.3 Å². The first-order valence-corrected chi connectivity index (χ1v) is 9.65. The lowest BCUT2D eigenvalue weighted by molar-refractivity contribution is -0.122. The minimum atomic E-state index is -0.359. The Labute approximate surface area is 165 Å². The van der Waals surface area contributed by atoms with Gasteiger partial charge in [-0.15, -0.1) is 0 Å². The number of aryl methyl sites for hydroxylation is 1. The lowest BCUT2D eigenvalue weighted by Gasteiger charge is -2.38. The van der Waals surface area contributed by atoms with Crippen molar-refractivity contribution in [1.82, 2.24) is 9.80 Å². The predicted octanol–water partition coefficient (Wildman–Crippen LogP) is 2.94. The first-order valence-electron chi connectivity index (χ1n) is 9.27. The summed E-state index contributed by atoms with van der Waals surface area (Å²) in [5, 5.41) is 12.8. The van der Waals surface area contributed by atoms with Gasteiger partial charge in [-0.2, -0.15) is 0 Å². The lowest BCUT2D eigenvalue weighted by Crippen LogP contribution is -2.50. The number of anilines is 1. The third kappa shape index (κ3) is 5.08. The van der Waals surface area contributed by atoms with Crippen LogP contribution in [0.4, 0.5) is 5.69 Å². The van der Waals surface area contributed by atoms with E-state index in [1.807, 2.05) is 49.4 Å². The summed E-state index contributed by atoms with van der Waals surface area (Å²) in [6, 6.07) is 15.1. The van der Waals surface area contributed by atoms with Crippen LogP contribution in [0.25, 0.3) is 0 Å². The van der Waals surface area contributed by atoms with Crippen LogP contribution in [0, 0.1) is 6.92 Å². The molecule has 2 aromatic carbocycles. The largest absolute Gasteiger partial charge is 0.395 e. The molecule has 2 N–H and O–H groups in total. The molecule has 0 spiro atoms. The van der Waals surface area contributed by atoms with Gasteiger partial charge < -0.3 is 10.4 Å². The second-order valence-electron chi connectivity index (χ2n) is 6.87. The average Bonchev–Trinajstić information content (AvgIpc) is 2.67. The van der Waals surface area contributed by atoms with Crippen molar-refractivity contribution in [1.29, 1.82) is 0 Å². The number of piperazine rings is 1. The minimum absolute atomic E-state index is 0.0586. The topological polar surface area (TPSA) is 55.8 Å². The summed E-state index contributed by atoms with van der Waals surface area (Å²) in [5.41, 5.74) is 2.66. The van der Waals surface area contributed by atoms with E-state index in [0.717, 1.165) is 37.3 Å². The SMILES string of the molecule is Cc1ccc(NC(=O)C(c2ccccc2)N2CCN(CCO)CC2)cc1Cl. The first kappa shape index (κ1) is 19.8. The van der Waals surface area contributed by atoms with Crippen LogP contribution >= 0.6 is 11.6 Å². The number of hydrogen-bond donors (Lipinski definition) is 2. The van der Waals surface area contributed by atoms with Crippen LogP contribution in [-0.4, -0.2) is 60.1 Å². The molecule has 0 bridgehead atoms. The van der Waals surface area contributed by atoms with Crippen molar-refractivity contribution in [2.45, 2.75) is 13.0 Å². The van der Waals surface area contributed by atoms with Gasteiger partial charge in [-0.25, -0.2) is 0 Å². The molecule has 3 rings (SSSR count). The molecule has 1 aliphatic rings. The summed E-state index contributed by atoms with van der Waals surface area (Å²) in [7, 11) is 0. The summed E-state index contributed by atoms with van der Waals surface area (Å²) >= 11 is 6.20. The van der Waals surface area contributed by atoms with Crippen molar-refractivity contribution in [3.05, 3.63) is 64.7 Å². The van der Waals surface area contributed by atoms with Crippen LogP contribution < -0.4 is 5.32 Å². The summed E-state index contributed by atoms with van der Waals surface area (Å²) in [4.78, 5) is 17.6. The van der Waals surface area contributed by atoms with Gasteiger partial charge >= 0.3 is 0 Å². The van der Waals surface area contributed by atoms with Gasteiger partial charge in [-0.05, 0) is 30.2 Å². The molecule has 1 heterocycles. The second kappa shape index (κ2) is 9.33. The molecular weight excluding hydrogens is 362 g/mol. The van der Waals surface area contributed by atoms with Crippen LogP contribution in [0.1, 0.15) is 17.2 Å². The van der Waals surface area contributed by atoms with Gasteiger partial charge in [0.05, 0.1) is 6.61 Å². The van der Waals surface area contributed by atoms with Gasteiger partial charge in [-0.1, -0.05) is 48.0 Å². The molecule has 1 aliphatic heterocycles. The van der Waals surface area contributed by atoms with E-state index in [1.165, 1.54) is 0 Å². The number of amides is 1. The number of aliphatic hydroxyl groups excluding tert-OH is 1. The number of nitrogens with zero attached hydrogens (tertiary/aromatic N) is 2. The first-order chi connectivity index (χ1) is 13.1. The molecule has 1 saturated heterocycles. The fraction of sp³-hybridized carbons (Fsp3) is 0.381. The van der Waals surface area contributed by atoms with Crippen molar-refractivity contribution in [2.75, 3.05) is 44.6 Å². The molecule has 0 aromatic heterocycles. The lowest BCUT2D eigenvalue weighted by atomic mass is 10.0. The number of halogens is 1. The minimum Gasteiger partial charge on any atom is -0.395 e. The fourth-order valence-corrected chi connectivity index (χ4v) is 3.61. The number of nitrogens with one attached hydrogen (secondary N) is 1. The molecule has 1 fully saturated rings. The molecule has 2 aromatic rings. The number of hydrogen-bond acceptors (Lipinski definition) is 4. The summed E-state index contributed by atoms with van der Waals surface area (Å²) in [5.74, 6) is -0.0586. The molecule has 5 nitrogen and oxygen atoms in total. The van der Waals surface area contributed by atoms with E-state index < -0.39 is 0 Å². The number of rotatable bonds is 6.